The minimum Gasteiger partial charge on any atom is -0.325 e. The van der Waals surface area contributed by atoms with Crippen molar-refractivity contribution in [1.29, 1.82) is 0 Å². The van der Waals surface area contributed by atoms with E-state index in [0.717, 1.165) is 16.7 Å². The Bertz CT molecular complexity index is 964. The van der Waals surface area contributed by atoms with Crippen LogP contribution in [-0.2, 0) is 9.59 Å². The number of carbonyl (C=O) groups is 3. The molecule has 1 N–H and O–H groups in total. The number of hydrogen-bond donors (Lipinski definition) is 1. The van der Waals surface area contributed by atoms with Gasteiger partial charge in [-0.1, -0.05) is 29.3 Å². The van der Waals surface area contributed by atoms with Gasteiger partial charge in [0.1, 0.15) is 12.4 Å². The Morgan fingerprint density at radius 3 is 2.48 bits per heavy atom. The van der Waals surface area contributed by atoms with Gasteiger partial charge in [-0.2, -0.15) is 0 Å². The van der Waals surface area contributed by atoms with Crippen LogP contribution in [0.4, 0.5) is 14.9 Å². The Balaban J connectivity index is 1.70. The number of anilines is 1. The number of halogens is 3. The first kappa shape index (κ1) is 19.4. The van der Waals surface area contributed by atoms with Crippen LogP contribution in [0.3, 0.4) is 0 Å². The normalized spacial score (nSPS) is 15.5. The number of thioether (sulfide) groups is 1. The number of amides is 3. The number of carbonyl (C=O) groups excluding carboxylic acids is 3. The van der Waals surface area contributed by atoms with Crippen LogP contribution in [0.25, 0.3) is 6.08 Å². The first-order chi connectivity index (χ1) is 12.8. The van der Waals surface area contributed by atoms with Crippen molar-refractivity contribution in [3.63, 3.8) is 0 Å². The van der Waals surface area contributed by atoms with Crippen molar-refractivity contribution in [2.75, 3.05) is 11.9 Å². The zero-order valence-electron chi connectivity index (χ0n) is 13.5. The van der Waals surface area contributed by atoms with E-state index in [9.17, 15) is 18.8 Å². The molecule has 0 unspecified atom stereocenters. The minimum absolute atomic E-state index is 0.174. The third-order valence-corrected chi connectivity index (χ3v) is 5.19. The second-order valence-electron chi connectivity index (χ2n) is 5.50. The molecule has 1 heterocycles. The van der Waals surface area contributed by atoms with Crippen molar-refractivity contribution >= 4 is 63.8 Å². The molecule has 3 rings (SSSR count). The summed E-state index contributed by atoms with van der Waals surface area (Å²) in [7, 11) is 0. The van der Waals surface area contributed by atoms with Gasteiger partial charge in [0.05, 0.1) is 15.0 Å². The van der Waals surface area contributed by atoms with Crippen molar-refractivity contribution in [3.05, 3.63) is 68.8 Å². The standard InChI is InChI=1S/C18H11Cl2FN2O3S/c19-13-6-1-10(7-14(13)20)8-15-17(25)23(18(26)27-15)9-16(24)22-12-4-2-11(21)3-5-12/h1-8H,9H2,(H,22,24)/b15-8-. The second-order valence-corrected chi connectivity index (χ2v) is 7.30. The van der Waals surface area contributed by atoms with Crippen molar-refractivity contribution in [2.45, 2.75) is 0 Å². The quantitative estimate of drug-likeness (QED) is 0.715. The van der Waals surface area contributed by atoms with Crippen molar-refractivity contribution in [2.24, 2.45) is 0 Å². The summed E-state index contributed by atoms with van der Waals surface area (Å²) in [6, 6.07) is 9.94. The van der Waals surface area contributed by atoms with Gasteiger partial charge in [0.15, 0.2) is 0 Å². The van der Waals surface area contributed by atoms with Crippen LogP contribution in [-0.4, -0.2) is 28.5 Å². The highest BCUT2D eigenvalue weighted by atomic mass is 35.5. The van der Waals surface area contributed by atoms with Crippen LogP contribution in [0.5, 0.6) is 0 Å². The van der Waals surface area contributed by atoms with Gasteiger partial charge in [0.2, 0.25) is 5.91 Å². The highest BCUT2D eigenvalue weighted by Gasteiger charge is 2.36. The number of imide groups is 1. The minimum atomic E-state index is -0.578. The molecule has 0 aliphatic carbocycles. The summed E-state index contributed by atoms with van der Waals surface area (Å²) in [5.74, 6) is -1.59. The summed E-state index contributed by atoms with van der Waals surface area (Å²) in [5.41, 5.74) is 0.963. The maximum Gasteiger partial charge on any atom is 0.294 e. The molecule has 9 heteroatoms. The number of rotatable bonds is 4. The number of nitrogens with one attached hydrogen (secondary N) is 1. The third-order valence-electron chi connectivity index (χ3n) is 3.54. The van der Waals surface area contributed by atoms with E-state index in [1.165, 1.54) is 30.3 Å². The van der Waals surface area contributed by atoms with Gasteiger partial charge in [-0.3, -0.25) is 19.3 Å². The van der Waals surface area contributed by atoms with Crippen LogP contribution in [0.2, 0.25) is 10.0 Å². The van der Waals surface area contributed by atoms with Crippen LogP contribution in [0.1, 0.15) is 5.56 Å². The van der Waals surface area contributed by atoms with Gasteiger partial charge in [0, 0.05) is 5.69 Å². The Kier molecular flexibility index (Phi) is 5.84. The van der Waals surface area contributed by atoms with Crippen molar-refractivity contribution in [3.8, 4) is 0 Å². The molecule has 2 aromatic carbocycles. The van der Waals surface area contributed by atoms with Gasteiger partial charge >= 0.3 is 0 Å². The molecule has 1 saturated heterocycles. The monoisotopic (exact) mass is 424 g/mol. The lowest BCUT2D eigenvalue weighted by Crippen LogP contribution is -2.36. The topological polar surface area (TPSA) is 66.5 Å². The van der Waals surface area contributed by atoms with Gasteiger partial charge in [-0.25, -0.2) is 4.39 Å². The maximum atomic E-state index is 12.9. The van der Waals surface area contributed by atoms with Crippen molar-refractivity contribution in [1.82, 2.24) is 4.90 Å². The lowest BCUT2D eigenvalue weighted by Gasteiger charge is -2.12. The van der Waals surface area contributed by atoms with E-state index in [4.69, 9.17) is 23.2 Å². The smallest absolute Gasteiger partial charge is 0.294 e. The lowest BCUT2D eigenvalue weighted by molar-refractivity contribution is -0.127. The van der Waals surface area contributed by atoms with E-state index in [0.29, 0.717) is 21.3 Å². The van der Waals surface area contributed by atoms with E-state index in [1.807, 2.05) is 0 Å². The summed E-state index contributed by atoms with van der Waals surface area (Å²) in [4.78, 5) is 37.6. The van der Waals surface area contributed by atoms with Gasteiger partial charge in [-0.05, 0) is 59.8 Å². The Labute approximate surface area is 168 Å². The fourth-order valence-corrected chi connectivity index (χ4v) is 3.41. The summed E-state index contributed by atoms with van der Waals surface area (Å²) in [6.07, 6.45) is 1.50. The van der Waals surface area contributed by atoms with Gasteiger partial charge in [-0.15, -0.1) is 0 Å². The SMILES string of the molecule is O=C(CN1C(=O)S/C(=C\c2ccc(Cl)c(Cl)c2)C1=O)Nc1ccc(F)cc1. The Morgan fingerprint density at radius 1 is 1.11 bits per heavy atom. The van der Waals surface area contributed by atoms with Crippen LogP contribution < -0.4 is 5.32 Å². The van der Waals surface area contributed by atoms with Gasteiger partial charge < -0.3 is 5.32 Å². The molecular formula is C18H11Cl2FN2O3S. The summed E-state index contributed by atoms with van der Waals surface area (Å²) >= 11 is 12.5. The molecule has 0 spiro atoms. The molecule has 5 nitrogen and oxygen atoms in total. The highest BCUT2D eigenvalue weighted by Crippen LogP contribution is 2.33. The average Bonchev–Trinajstić information content (AvgIpc) is 2.87. The first-order valence-corrected chi connectivity index (χ1v) is 9.16. The van der Waals surface area contributed by atoms with Gasteiger partial charge in [0.25, 0.3) is 11.1 Å². The molecule has 0 atom stereocenters. The Morgan fingerprint density at radius 2 is 1.81 bits per heavy atom. The summed E-state index contributed by atoms with van der Waals surface area (Å²) < 4.78 is 12.9. The number of benzene rings is 2. The molecule has 27 heavy (non-hydrogen) atoms. The fraction of sp³-hybridized carbons (Fsp3) is 0.0556. The van der Waals surface area contributed by atoms with E-state index in [2.05, 4.69) is 5.32 Å². The molecule has 1 aliphatic heterocycles. The molecule has 138 valence electrons. The molecule has 3 amide bonds. The largest absolute Gasteiger partial charge is 0.325 e. The zero-order valence-corrected chi connectivity index (χ0v) is 15.9. The zero-order chi connectivity index (χ0) is 19.6. The number of nitrogens with zero attached hydrogens (tertiary/aromatic N) is 1. The van der Waals surface area contributed by atoms with Crippen LogP contribution in [0, 0.1) is 5.82 Å². The third kappa shape index (κ3) is 4.68. The molecule has 2 aromatic rings. The molecule has 0 radical (unpaired) electrons. The first-order valence-electron chi connectivity index (χ1n) is 7.59. The summed E-state index contributed by atoms with van der Waals surface area (Å²) in [5, 5.41) is 2.64. The molecular weight excluding hydrogens is 414 g/mol. The van der Waals surface area contributed by atoms with Crippen LogP contribution >= 0.6 is 35.0 Å². The lowest BCUT2D eigenvalue weighted by atomic mass is 10.2. The van der Waals surface area contributed by atoms with Crippen molar-refractivity contribution < 1.29 is 18.8 Å². The van der Waals surface area contributed by atoms with E-state index in [-0.39, 0.29) is 4.91 Å². The van der Waals surface area contributed by atoms with E-state index < -0.39 is 29.4 Å². The Hall–Kier alpha value is -2.35. The maximum absolute atomic E-state index is 12.9. The average molecular weight is 425 g/mol. The van der Waals surface area contributed by atoms with E-state index >= 15 is 0 Å². The molecule has 1 aliphatic rings. The molecule has 1 fully saturated rings. The molecule has 0 bridgehead atoms. The summed E-state index contributed by atoms with van der Waals surface area (Å²) in [6.45, 7) is -0.444. The fourth-order valence-electron chi connectivity index (χ4n) is 2.27. The number of hydrogen-bond acceptors (Lipinski definition) is 4. The molecule has 0 saturated carbocycles. The predicted octanol–water partition coefficient (Wildman–Crippen LogP) is 4.81. The second kappa shape index (κ2) is 8.12. The van der Waals surface area contributed by atoms with Crippen LogP contribution in [0.15, 0.2) is 47.4 Å². The molecule has 0 aromatic heterocycles. The highest BCUT2D eigenvalue weighted by molar-refractivity contribution is 8.18. The predicted molar refractivity (Wildman–Crippen MR) is 104 cm³/mol. The van der Waals surface area contributed by atoms with E-state index in [1.54, 1.807) is 18.2 Å².